The molecule has 0 spiro atoms. The van der Waals surface area contributed by atoms with Crippen LogP contribution >= 0.6 is 23.5 Å². The molecule has 0 saturated carbocycles. The van der Waals surface area contributed by atoms with Crippen molar-refractivity contribution in [3.8, 4) is 0 Å². The van der Waals surface area contributed by atoms with E-state index in [1.54, 1.807) is 29.7 Å². The number of nitrogens with zero attached hydrogens (tertiary/aromatic N) is 1. The van der Waals surface area contributed by atoms with E-state index < -0.39 is 0 Å². The van der Waals surface area contributed by atoms with Gasteiger partial charge in [-0.2, -0.15) is 0 Å². The predicted octanol–water partition coefficient (Wildman–Crippen LogP) is 2.18. The summed E-state index contributed by atoms with van der Waals surface area (Å²) in [5.74, 6) is 1.44. The number of aromatic nitrogens is 1. The Balaban J connectivity index is 2.23. The largest absolute Gasteiger partial charge is 0.277 e. The molecule has 0 aliphatic carbocycles. The van der Waals surface area contributed by atoms with Crippen LogP contribution in [0, 0.1) is 0 Å². The highest BCUT2D eigenvalue weighted by Gasteiger charge is 2.04. The first-order valence-corrected chi connectivity index (χ1v) is 9.48. The molecule has 1 heterocycles. The van der Waals surface area contributed by atoms with Crippen LogP contribution in [0.4, 0.5) is 0 Å². The van der Waals surface area contributed by atoms with Gasteiger partial charge in [-0.15, -0.1) is 23.5 Å². The van der Waals surface area contributed by atoms with Crippen molar-refractivity contribution in [1.29, 1.82) is 0 Å². The Morgan fingerprint density at radius 2 is 1.62 bits per heavy atom. The number of amides is 2. The van der Waals surface area contributed by atoms with Gasteiger partial charge in [0.25, 0.3) is 0 Å². The van der Waals surface area contributed by atoms with Gasteiger partial charge < -0.3 is 0 Å². The molecular formula is C15H23N3O4S2. The van der Waals surface area contributed by atoms with E-state index in [0.29, 0.717) is 12.8 Å². The van der Waals surface area contributed by atoms with Crippen molar-refractivity contribution in [3.63, 3.8) is 0 Å². The minimum Gasteiger partial charge on any atom is -0.277 e. The summed E-state index contributed by atoms with van der Waals surface area (Å²) < 4.78 is 0. The average Bonchev–Trinajstić information content (AvgIpc) is 2.57. The zero-order valence-electron chi connectivity index (χ0n) is 13.9. The molecule has 0 atom stereocenters. The van der Waals surface area contributed by atoms with E-state index in [-0.39, 0.29) is 11.8 Å². The van der Waals surface area contributed by atoms with E-state index >= 15 is 0 Å². The first kappa shape index (κ1) is 20.8. The maximum absolute atomic E-state index is 11.2. The second-order valence-corrected chi connectivity index (χ2v) is 6.98. The molecule has 2 N–H and O–H groups in total. The normalized spacial score (nSPS) is 10.4. The standard InChI is InChI=1S/C15H23N3O4S2/c1-21-17-13(19)5-3-9-23-12-7-8-16-15(11-12)24-10-4-6-14(20)18-22-2/h7-8,11H,3-6,9-10H2,1-2H3,(H,17,19)(H,18,20). The summed E-state index contributed by atoms with van der Waals surface area (Å²) in [6.07, 6.45) is 4.18. The van der Waals surface area contributed by atoms with Crippen LogP contribution in [-0.2, 0) is 19.3 Å². The molecule has 1 aromatic heterocycles. The van der Waals surface area contributed by atoms with Gasteiger partial charge in [-0.3, -0.25) is 19.3 Å². The average molecular weight is 374 g/mol. The number of nitrogens with one attached hydrogen (secondary N) is 2. The zero-order chi connectivity index (χ0) is 17.6. The molecular weight excluding hydrogens is 350 g/mol. The molecule has 2 amide bonds. The summed E-state index contributed by atoms with van der Waals surface area (Å²) >= 11 is 3.31. The molecule has 24 heavy (non-hydrogen) atoms. The maximum atomic E-state index is 11.2. The Morgan fingerprint density at radius 1 is 1.04 bits per heavy atom. The van der Waals surface area contributed by atoms with Crippen molar-refractivity contribution < 1.29 is 19.3 Å². The number of hydrogen-bond acceptors (Lipinski definition) is 7. The topological polar surface area (TPSA) is 89.5 Å². The van der Waals surface area contributed by atoms with Gasteiger partial charge in [-0.1, -0.05) is 0 Å². The smallest absolute Gasteiger partial charge is 0.243 e. The Bertz CT molecular complexity index is 476. The van der Waals surface area contributed by atoms with Crippen molar-refractivity contribution in [1.82, 2.24) is 15.9 Å². The van der Waals surface area contributed by atoms with Crippen LogP contribution in [0.1, 0.15) is 25.7 Å². The number of rotatable bonds is 12. The molecule has 0 radical (unpaired) electrons. The summed E-state index contributed by atoms with van der Waals surface area (Å²) in [5, 5.41) is 0.935. The lowest BCUT2D eigenvalue weighted by atomic mass is 10.3. The van der Waals surface area contributed by atoms with Gasteiger partial charge in [0.15, 0.2) is 0 Å². The van der Waals surface area contributed by atoms with Crippen LogP contribution in [0.3, 0.4) is 0 Å². The molecule has 1 aromatic rings. The van der Waals surface area contributed by atoms with Crippen LogP contribution < -0.4 is 11.0 Å². The van der Waals surface area contributed by atoms with E-state index in [1.807, 2.05) is 12.1 Å². The highest BCUT2D eigenvalue weighted by Crippen LogP contribution is 2.24. The number of hydroxylamine groups is 2. The Kier molecular flexibility index (Phi) is 11.3. The van der Waals surface area contributed by atoms with Crippen molar-refractivity contribution >= 4 is 35.3 Å². The van der Waals surface area contributed by atoms with Crippen LogP contribution in [0.5, 0.6) is 0 Å². The third-order valence-corrected chi connectivity index (χ3v) is 4.85. The van der Waals surface area contributed by atoms with Gasteiger partial charge >= 0.3 is 0 Å². The van der Waals surface area contributed by atoms with E-state index in [2.05, 4.69) is 25.6 Å². The fourth-order valence-electron chi connectivity index (χ4n) is 1.72. The van der Waals surface area contributed by atoms with Crippen molar-refractivity contribution in [3.05, 3.63) is 18.3 Å². The lowest BCUT2D eigenvalue weighted by Crippen LogP contribution is -2.21. The lowest BCUT2D eigenvalue weighted by Gasteiger charge is -2.05. The monoisotopic (exact) mass is 373 g/mol. The highest BCUT2D eigenvalue weighted by molar-refractivity contribution is 8.00. The quantitative estimate of drug-likeness (QED) is 0.330. The molecule has 1 rings (SSSR count). The van der Waals surface area contributed by atoms with Gasteiger partial charge in [0, 0.05) is 23.9 Å². The molecule has 134 valence electrons. The summed E-state index contributed by atoms with van der Waals surface area (Å²) in [5.41, 5.74) is 4.59. The molecule has 0 aliphatic rings. The van der Waals surface area contributed by atoms with Crippen molar-refractivity contribution in [2.75, 3.05) is 25.7 Å². The van der Waals surface area contributed by atoms with E-state index in [4.69, 9.17) is 0 Å². The van der Waals surface area contributed by atoms with E-state index in [9.17, 15) is 9.59 Å². The molecule has 0 bridgehead atoms. The zero-order valence-corrected chi connectivity index (χ0v) is 15.5. The first-order valence-electron chi connectivity index (χ1n) is 7.51. The minimum atomic E-state index is -0.118. The van der Waals surface area contributed by atoms with Gasteiger partial charge in [-0.25, -0.2) is 15.9 Å². The highest BCUT2D eigenvalue weighted by atomic mass is 32.2. The van der Waals surface area contributed by atoms with Gasteiger partial charge in [0.1, 0.15) is 0 Å². The predicted molar refractivity (Wildman–Crippen MR) is 94.5 cm³/mol. The number of hydrogen-bond donors (Lipinski definition) is 2. The Labute approximate surface area is 150 Å². The Morgan fingerprint density at radius 3 is 2.21 bits per heavy atom. The molecule has 0 aliphatic heterocycles. The molecule has 0 saturated heterocycles. The molecule has 7 nitrogen and oxygen atoms in total. The number of thioether (sulfide) groups is 2. The fraction of sp³-hybridized carbons (Fsp3) is 0.533. The van der Waals surface area contributed by atoms with E-state index in [0.717, 1.165) is 34.3 Å². The van der Waals surface area contributed by atoms with Gasteiger partial charge in [0.05, 0.1) is 19.2 Å². The summed E-state index contributed by atoms with van der Waals surface area (Å²) in [7, 11) is 2.84. The number of carbonyl (C=O) groups is 2. The van der Waals surface area contributed by atoms with Crippen LogP contribution in [-0.4, -0.2) is 42.5 Å². The van der Waals surface area contributed by atoms with Crippen LogP contribution in [0.15, 0.2) is 28.3 Å². The summed E-state index contributed by atoms with van der Waals surface area (Å²) in [6, 6.07) is 3.98. The second kappa shape index (κ2) is 13.1. The Hall–Kier alpha value is -1.29. The molecule has 0 unspecified atom stereocenters. The molecule has 9 heteroatoms. The van der Waals surface area contributed by atoms with Crippen LogP contribution in [0.2, 0.25) is 0 Å². The summed E-state index contributed by atoms with van der Waals surface area (Å²) in [6.45, 7) is 0. The summed E-state index contributed by atoms with van der Waals surface area (Å²) in [4.78, 5) is 37.0. The fourth-order valence-corrected chi connectivity index (χ4v) is 3.52. The maximum Gasteiger partial charge on any atom is 0.243 e. The SMILES string of the molecule is CONC(=O)CCCSc1ccnc(SCCCC(=O)NOC)c1. The van der Waals surface area contributed by atoms with E-state index in [1.165, 1.54) is 14.2 Å². The molecule has 0 aromatic carbocycles. The third kappa shape index (κ3) is 9.76. The molecule has 0 fully saturated rings. The van der Waals surface area contributed by atoms with Crippen LogP contribution in [0.25, 0.3) is 0 Å². The van der Waals surface area contributed by atoms with Gasteiger partial charge in [-0.05, 0) is 36.5 Å². The minimum absolute atomic E-state index is 0.110. The number of pyridine rings is 1. The first-order chi connectivity index (χ1) is 11.7. The lowest BCUT2D eigenvalue weighted by molar-refractivity contribution is -0.132. The van der Waals surface area contributed by atoms with Crippen molar-refractivity contribution in [2.24, 2.45) is 0 Å². The number of carbonyl (C=O) groups excluding carboxylic acids is 2. The second-order valence-electron chi connectivity index (χ2n) is 4.69. The van der Waals surface area contributed by atoms with Gasteiger partial charge in [0.2, 0.25) is 11.8 Å². The van der Waals surface area contributed by atoms with Crippen molar-refractivity contribution in [2.45, 2.75) is 35.6 Å². The third-order valence-electron chi connectivity index (χ3n) is 2.75.